The molecule has 0 radical (unpaired) electrons. The summed E-state index contributed by atoms with van der Waals surface area (Å²) in [5.41, 5.74) is 1.03. The van der Waals surface area contributed by atoms with Crippen LogP contribution in [-0.4, -0.2) is 15.8 Å². The first-order valence-electron chi connectivity index (χ1n) is 5.65. The van der Waals surface area contributed by atoms with Crippen LogP contribution in [0.4, 0.5) is 0 Å². The third kappa shape index (κ3) is 1.76. The van der Waals surface area contributed by atoms with Crippen LogP contribution in [-0.2, 0) is 0 Å². The summed E-state index contributed by atoms with van der Waals surface area (Å²) in [6, 6.07) is 13.5. The van der Waals surface area contributed by atoms with E-state index in [9.17, 15) is 4.79 Å². The Morgan fingerprint density at radius 1 is 0.944 bits per heavy atom. The Bertz CT molecular complexity index is 703. The van der Waals surface area contributed by atoms with Gasteiger partial charge in [0.15, 0.2) is 0 Å². The number of nitrogens with zero attached hydrogens (tertiary/aromatic N) is 2. The molecule has 0 aliphatic carbocycles. The molecule has 0 spiro atoms. The van der Waals surface area contributed by atoms with E-state index in [1.54, 1.807) is 6.20 Å². The van der Waals surface area contributed by atoms with Crippen LogP contribution < -0.4 is 0 Å². The van der Waals surface area contributed by atoms with E-state index in [1.807, 2.05) is 42.5 Å². The summed E-state index contributed by atoms with van der Waals surface area (Å²) in [5.74, 6) is -0.0973. The predicted molar refractivity (Wildman–Crippen MR) is 69.4 cm³/mol. The Hall–Kier alpha value is -2.55. The molecule has 0 amide bonds. The van der Waals surface area contributed by atoms with Gasteiger partial charge in [-0.2, -0.15) is 0 Å². The van der Waals surface area contributed by atoms with E-state index in [0.717, 1.165) is 10.8 Å². The third-order valence-electron chi connectivity index (χ3n) is 2.83. The number of ketones is 1. The van der Waals surface area contributed by atoms with Gasteiger partial charge in [-0.3, -0.25) is 9.78 Å². The number of fused-ring (bicyclic) bond motifs is 1. The van der Waals surface area contributed by atoms with Crippen molar-refractivity contribution in [3.8, 4) is 0 Å². The fraction of sp³-hybridized carbons (Fsp3) is 0. The monoisotopic (exact) mass is 234 g/mol. The lowest BCUT2D eigenvalue weighted by Gasteiger charge is -2.04. The molecule has 3 heteroatoms. The maximum Gasteiger partial charge on any atom is 0.213 e. The van der Waals surface area contributed by atoms with Gasteiger partial charge in [-0.15, -0.1) is 0 Å². The van der Waals surface area contributed by atoms with E-state index >= 15 is 0 Å². The highest BCUT2D eigenvalue weighted by Gasteiger charge is 2.13. The minimum Gasteiger partial charge on any atom is -0.287 e. The van der Waals surface area contributed by atoms with Crippen molar-refractivity contribution in [3.63, 3.8) is 0 Å². The Morgan fingerprint density at radius 2 is 1.78 bits per heavy atom. The van der Waals surface area contributed by atoms with Crippen LogP contribution in [0.25, 0.3) is 10.8 Å². The fourth-order valence-electron chi connectivity index (χ4n) is 1.98. The number of aromatic nitrogens is 2. The van der Waals surface area contributed by atoms with E-state index in [0.29, 0.717) is 11.3 Å². The maximum absolute atomic E-state index is 12.4. The second-order valence-corrected chi connectivity index (χ2v) is 3.95. The van der Waals surface area contributed by atoms with Crippen molar-refractivity contribution in [1.82, 2.24) is 9.97 Å². The largest absolute Gasteiger partial charge is 0.287 e. The molecule has 3 rings (SSSR count). The smallest absolute Gasteiger partial charge is 0.213 e. The molecule has 0 aliphatic heterocycles. The molecule has 0 bridgehead atoms. The first-order valence-corrected chi connectivity index (χ1v) is 5.65. The number of rotatable bonds is 2. The predicted octanol–water partition coefficient (Wildman–Crippen LogP) is 2.86. The molecule has 86 valence electrons. The summed E-state index contributed by atoms with van der Waals surface area (Å²) < 4.78 is 0. The van der Waals surface area contributed by atoms with Crippen LogP contribution >= 0.6 is 0 Å². The molecule has 0 unspecified atom stereocenters. The average molecular weight is 234 g/mol. The van der Waals surface area contributed by atoms with Gasteiger partial charge in [0, 0.05) is 18.0 Å². The molecule has 0 saturated carbocycles. The summed E-state index contributed by atoms with van der Waals surface area (Å²) >= 11 is 0. The molecule has 1 heterocycles. The van der Waals surface area contributed by atoms with Crippen LogP contribution in [0.5, 0.6) is 0 Å². The van der Waals surface area contributed by atoms with Crippen molar-refractivity contribution in [2.75, 3.05) is 0 Å². The van der Waals surface area contributed by atoms with Crippen LogP contribution in [0.3, 0.4) is 0 Å². The van der Waals surface area contributed by atoms with E-state index < -0.39 is 0 Å². The Morgan fingerprint density at radius 3 is 2.61 bits per heavy atom. The lowest BCUT2D eigenvalue weighted by Crippen LogP contribution is -2.04. The van der Waals surface area contributed by atoms with E-state index in [-0.39, 0.29) is 5.78 Å². The Kier molecular flexibility index (Phi) is 2.57. The van der Waals surface area contributed by atoms with Gasteiger partial charge in [0.1, 0.15) is 5.69 Å². The minimum atomic E-state index is -0.0973. The Labute approximate surface area is 104 Å². The molecular formula is C15H10N2O. The van der Waals surface area contributed by atoms with Gasteiger partial charge >= 0.3 is 0 Å². The fourth-order valence-corrected chi connectivity index (χ4v) is 1.98. The van der Waals surface area contributed by atoms with Crippen LogP contribution in [0.2, 0.25) is 0 Å². The highest BCUT2D eigenvalue weighted by molar-refractivity contribution is 6.15. The summed E-state index contributed by atoms with van der Waals surface area (Å²) in [5, 5.41) is 1.99. The molecule has 1 aromatic heterocycles. The molecule has 0 saturated heterocycles. The second-order valence-electron chi connectivity index (χ2n) is 3.95. The van der Waals surface area contributed by atoms with Crippen molar-refractivity contribution in [2.24, 2.45) is 0 Å². The lowest BCUT2D eigenvalue weighted by molar-refractivity contribution is 0.103. The molecule has 18 heavy (non-hydrogen) atoms. The third-order valence-corrected chi connectivity index (χ3v) is 2.83. The molecule has 3 aromatic rings. The molecule has 0 atom stereocenters. The average Bonchev–Trinajstić information content (AvgIpc) is 2.47. The van der Waals surface area contributed by atoms with Crippen LogP contribution in [0.15, 0.2) is 61.1 Å². The normalized spacial score (nSPS) is 10.4. The topological polar surface area (TPSA) is 42.9 Å². The SMILES string of the molecule is O=C(c1cnccn1)c1cccc2ccccc12. The van der Waals surface area contributed by atoms with E-state index in [1.165, 1.54) is 12.4 Å². The highest BCUT2D eigenvalue weighted by atomic mass is 16.1. The molecule has 2 aromatic carbocycles. The zero-order valence-electron chi connectivity index (χ0n) is 9.58. The molecule has 0 N–H and O–H groups in total. The molecule has 0 aliphatic rings. The zero-order chi connectivity index (χ0) is 12.4. The molecule has 0 fully saturated rings. The Balaban J connectivity index is 2.18. The van der Waals surface area contributed by atoms with Gasteiger partial charge in [0.2, 0.25) is 5.78 Å². The maximum atomic E-state index is 12.4. The quantitative estimate of drug-likeness (QED) is 0.640. The van der Waals surface area contributed by atoms with Gasteiger partial charge in [0.05, 0.1) is 6.20 Å². The number of carbonyl (C=O) groups is 1. The summed E-state index contributed by atoms with van der Waals surface area (Å²) in [6.45, 7) is 0. The van der Waals surface area contributed by atoms with Crippen molar-refractivity contribution in [3.05, 3.63) is 72.3 Å². The second kappa shape index (κ2) is 4.37. The van der Waals surface area contributed by atoms with Gasteiger partial charge in [-0.25, -0.2) is 4.98 Å². The van der Waals surface area contributed by atoms with E-state index in [4.69, 9.17) is 0 Å². The molecule has 3 nitrogen and oxygen atoms in total. The van der Waals surface area contributed by atoms with Gasteiger partial charge in [-0.1, -0.05) is 42.5 Å². The van der Waals surface area contributed by atoms with Gasteiger partial charge in [-0.05, 0) is 10.8 Å². The standard InChI is InChI=1S/C15H10N2O/c18-15(14-10-16-8-9-17-14)13-7-3-5-11-4-1-2-6-12(11)13/h1-10H. The molecular weight excluding hydrogens is 224 g/mol. The zero-order valence-corrected chi connectivity index (χ0v) is 9.58. The van der Waals surface area contributed by atoms with Crippen molar-refractivity contribution < 1.29 is 4.79 Å². The van der Waals surface area contributed by atoms with Gasteiger partial charge < -0.3 is 0 Å². The first-order chi connectivity index (χ1) is 8.86. The van der Waals surface area contributed by atoms with Crippen molar-refractivity contribution >= 4 is 16.6 Å². The minimum absolute atomic E-state index is 0.0973. The van der Waals surface area contributed by atoms with Crippen LogP contribution in [0.1, 0.15) is 16.1 Å². The summed E-state index contributed by atoms with van der Waals surface area (Å²) in [4.78, 5) is 20.3. The summed E-state index contributed by atoms with van der Waals surface area (Å²) in [7, 11) is 0. The highest BCUT2D eigenvalue weighted by Crippen LogP contribution is 2.20. The van der Waals surface area contributed by atoms with E-state index in [2.05, 4.69) is 9.97 Å². The first kappa shape index (κ1) is 10.6. The number of hydrogen-bond acceptors (Lipinski definition) is 3. The van der Waals surface area contributed by atoms with Crippen LogP contribution in [0, 0.1) is 0 Å². The van der Waals surface area contributed by atoms with Gasteiger partial charge in [0.25, 0.3) is 0 Å². The number of carbonyl (C=O) groups excluding carboxylic acids is 1. The summed E-state index contributed by atoms with van der Waals surface area (Å²) in [6.07, 6.45) is 4.57. The van der Waals surface area contributed by atoms with Crippen molar-refractivity contribution in [2.45, 2.75) is 0 Å². The van der Waals surface area contributed by atoms with Crippen molar-refractivity contribution in [1.29, 1.82) is 0 Å². The lowest BCUT2D eigenvalue weighted by atomic mass is 10.0. The number of hydrogen-bond donors (Lipinski definition) is 0. The number of benzene rings is 2.